The van der Waals surface area contributed by atoms with Gasteiger partial charge in [-0.1, -0.05) is 121 Å². The highest BCUT2D eigenvalue weighted by Gasteiger charge is 2.30. The molecule has 1 saturated carbocycles. The lowest BCUT2D eigenvalue weighted by Crippen LogP contribution is -2.02. The van der Waals surface area contributed by atoms with Crippen LogP contribution in [0.4, 0.5) is 0 Å². The van der Waals surface area contributed by atoms with E-state index in [0.717, 1.165) is 91.0 Å². The van der Waals surface area contributed by atoms with E-state index in [1.54, 1.807) is 0 Å². The minimum atomic E-state index is 0.515. The first-order valence-corrected chi connectivity index (χ1v) is 23.5. The normalized spacial score (nSPS) is 13.7. The van der Waals surface area contributed by atoms with Gasteiger partial charge < -0.3 is 13.4 Å². The number of hydrogen-bond acceptors (Lipinski definition) is 4. The molecule has 0 bridgehead atoms. The maximum absolute atomic E-state index is 6.64. The third-order valence-electron chi connectivity index (χ3n) is 14.2. The fourth-order valence-corrected chi connectivity index (χ4v) is 10.9. The Morgan fingerprint density at radius 2 is 1.27 bits per heavy atom. The molecule has 2 aliphatic rings. The summed E-state index contributed by atoms with van der Waals surface area (Å²) in [5, 5.41) is 5.65. The van der Waals surface area contributed by atoms with Gasteiger partial charge in [0.15, 0.2) is 5.82 Å². The highest BCUT2D eigenvalue weighted by atomic mass is 16.3. The van der Waals surface area contributed by atoms with Crippen molar-refractivity contribution in [2.24, 2.45) is 0 Å². The first-order valence-electron chi connectivity index (χ1n) is 23.5. The summed E-state index contributed by atoms with van der Waals surface area (Å²) in [5.41, 5.74) is 19.4. The molecule has 8 aromatic carbocycles. The fourth-order valence-electron chi connectivity index (χ4n) is 10.9. The Labute approximate surface area is 387 Å². The highest BCUT2D eigenvalue weighted by molar-refractivity contribution is 6.14. The Morgan fingerprint density at radius 1 is 0.522 bits per heavy atom. The molecule has 4 heterocycles. The highest BCUT2D eigenvalue weighted by Crippen LogP contribution is 2.49. The van der Waals surface area contributed by atoms with E-state index in [1.165, 1.54) is 67.9 Å². The molecule has 14 rings (SSSR count). The van der Waals surface area contributed by atoms with Crippen molar-refractivity contribution < 1.29 is 8.83 Å². The number of para-hydroxylation sites is 2. The SMILES string of the molecule is Cc1nc(-c2cccc3oc4ccc(-c5ccc6c(c5)c5ccccc5n6-c5ccccc5)cc4c23)nc(-c2ccc3c4c(oc3c2)C=CCC4)c1-c1cc(-c2ccccc2)ccc1C1CC1. The smallest absolute Gasteiger partial charge is 0.160 e. The zero-order valence-corrected chi connectivity index (χ0v) is 37.0. The molecule has 0 amide bonds. The summed E-state index contributed by atoms with van der Waals surface area (Å²) in [5.74, 6) is 2.14. The zero-order valence-electron chi connectivity index (χ0n) is 37.0. The molecule has 0 atom stereocenters. The second kappa shape index (κ2) is 14.9. The lowest BCUT2D eigenvalue weighted by molar-refractivity contribution is 0.595. The molecule has 12 aromatic rings. The molecule has 0 saturated heterocycles. The van der Waals surface area contributed by atoms with E-state index in [2.05, 4.69) is 200 Å². The van der Waals surface area contributed by atoms with Gasteiger partial charge in [0.1, 0.15) is 22.5 Å². The molecule has 0 unspecified atom stereocenters. The molecule has 1 fully saturated rings. The van der Waals surface area contributed by atoms with Gasteiger partial charge in [0, 0.05) is 60.6 Å². The van der Waals surface area contributed by atoms with Crippen molar-refractivity contribution in [2.75, 3.05) is 0 Å². The Morgan fingerprint density at radius 3 is 2.13 bits per heavy atom. The standard InChI is InChI=1S/C62H43N3O2/c1-37-59(51-34-40(38-13-4-2-5-14-38)25-29-45(51)39-23-24-39)61(43-26-30-48-47-18-9-11-21-55(47)67-58(48)36-43)64-62(63-37)49-19-12-22-57-60(49)52-35-42(28-32-56(52)66-57)41-27-31-54-50(33-41)46-17-8-10-20-53(46)65(54)44-15-6-3-7-16-44/h2-8,10-17,19-22,25-36,39H,9,18,23-24H2,1H3. The van der Waals surface area contributed by atoms with Gasteiger partial charge in [-0.15, -0.1) is 0 Å². The van der Waals surface area contributed by atoms with Crippen LogP contribution in [0.1, 0.15) is 47.8 Å². The van der Waals surface area contributed by atoms with Crippen LogP contribution < -0.4 is 0 Å². The van der Waals surface area contributed by atoms with Crippen molar-refractivity contribution >= 4 is 60.8 Å². The number of allylic oxidation sites excluding steroid dienone is 1. The molecule has 4 aromatic heterocycles. The minimum absolute atomic E-state index is 0.515. The molecule has 318 valence electrons. The molecule has 5 nitrogen and oxygen atoms in total. The molecule has 0 radical (unpaired) electrons. The number of aryl methyl sites for hydroxylation is 2. The van der Waals surface area contributed by atoms with Gasteiger partial charge in [0.2, 0.25) is 0 Å². The predicted octanol–water partition coefficient (Wildman–Crippen LogP) is 16.7. The van der Waals surface area contributed by atoms with Gasteiger partial charge in [-0.3, -0.25) is 0 Å². The van der Waals surface area contributed by atoms with Crippen LogP contribution in [0.2, 0.25) is 0 Å². The summed E-state index contributed by atoms with van der Waals surface area (Å²) in [4.78, 5) is 11.1. The quantitative estimate of drug-likeness (QED) is 0.160. The third-order valence-corrected chi connectivity index (χ3v) is 14.2. The summed E-state index contributed by atoms with van der Waals surface area (Å²) in [6.45, 7) is 2.15. The Bertz CT molecular complexity index is 4000. The average Bonchev–Trinajstić information content (AvgIpc) is 3.94. The number of nitrogens with zero attached hydrogens (tertiary/aromatic N) is 3. The second-order valence-corrected chi connectivity index (χ2v) is 18.3. The predicted molar refractivity (Wildman–Crippen MR) is 275 cm³/mol. The molecule has 0 N–H and O–H groups in total. The summed E-state index contributed by atoms with van der Waals surface area (Å²) in [6.07, 6.45) is 8.70. The number of furan rings is 2. The Balaban J connectivity index is 0.962. The molecule has 67 heavy (non-hydrogen) atoms. The van der Waals surface area contributed by atoms with Crippen LogP contribution in [0.15, 0.2) is 191 Å². The van der Waals surface area contributed by atoms with Crippen LogP contribution >= 0.6 is 0 Å². The Kier molecular flexibility index (Phi) is 8.45. The maximum atomic E-state index is 6.64. The van der Waals surface area contributed by atoms with Crippen LogP contribution in [0.5, 0.6) is 0 Å². The van der Waals surface area contributed by atoms with Crippen LogP contribution in [-0.4, -0.2) is 14.5 Å². The molecular weight excluding hydrogens is 819 g/mol. The van der Waals surface area contributed by atoms with Crippen LogP contribution in [-0.2, 0) is 6.42 Å². The van der Waals surface area contributed by atoms with Crippen molar-refractivity contribution in [1.29, 1.82) is 0 Å². The molecule has 5 heteroatoms. The minimum Gasteiger partial charge on any atom is -0.456 e. The molecule has 2 aliphatic carbocycles. The largest absolute Gasteiger partial charge is 0.456 e. The lowest BCUT2D eigenvalue weighted by atomic mass is 9.89. The number of aromatic nitrogens is 3. The van der Waals surface area contributed by atoms with Gasteiger partial charge in [-0.2, -0.15) is 0 Å². The van der Waals surface area contributed by atoms with Gasteiger partial charge in [-0.05, 0) is 139 Å². The van der Waals surface area contributed by atoms with E-state index in [9.17, 15) is 0 Å². The maximum Gasteiger partial charge on any atom is 0.160 e. The summed E-state index contributed by atoms with van der Waals surface area (Å²) >= 11 is 0. The van der Waals surface area contributed by atoms with E-state index >= 15 is 0 Å². The van der Waals surface area contributed by atoms with Gasteiger partial charge >= 0.3 is 0 Å². The number of benzene rings is 8. The first-order chi connectivity index (χ1) is 33.1. The number of rotatable bonds is 7. The summed E-state index contributed by atoms with van der Waals surface area (Å²) in [7, 11) is 0. The fraction of sp³-hybridized carbons (Fsp3) is 0.0968. The molecule has 0 spiro atoms. The summed E-state index contributed by atoms with van der Waals surface area (Å²) in [6, 6.07) is 63.3. The first kappa shape index (κ1) is 38.0. The van der Waals surface area contributed by atoms with E-state index in [1.807, 2.05) is 0 Å². The van der Waals surface area contributed by atoms with Crippen LogP contribution in [0, 0.1) is 6.92 Å². The van der Waals surface area contributed by atoms with Crippen LogP contribution in [0.25, 0.3) is 123 Å². The van der Waals surface area contributed by atoms with Gasteiger partial charge in [0.25, 0.3) is 0 Å². The van der Waals surface area contributed by atoms with Gasteiger partial charge in [0.05, 0.1) is 16.7 Å². The van der Waals surface area contributed by atoms with Crippen molar-refractivity contribution in [1.82, 2.24) is 14.5 Å². The van der Waals surface area contributed by atoms with Gasteiger partial charge in [-0.25, -0.2) is 9.97 Å². The van der Waals surface area contributed by atoms with E-state index < -0.39 is 0 Å². The molecule has 0 aliphatic heterocycles. The van der Waals surface area contributed by atoms with E-state index in [4.69, 9.17) is 18.8 Å². The number of fused-ring (bicyclic) bond motifs is 9. The lowest BCUT2D eigenvalue weighted by Gasteiger charge is -2.19. The summed E-state index contributed by atoms with van der Waals surface area (Å²) < 4.78 is 15.6. The molecular formula is C62H43N3O2. The zero-order chi connectivity index (χ0) is 44.2. The van der Waals surface area contributed by atoms with Crippen molar-refractivity contribution in [3.8, 4) is 61.7 Å². The van der Waals surface area contributed by atoms with E-state index in [0.29, 0.717) is 11.7 Å². The average molecular weight is 862 g/mol. The van der Waals surface area contributed by atoms with Crippen molar-refractivity contribution in [3.63, 3.8) is 0 Å². The number of hydrogen-bond donors (Lipinski definition) is 0. The van der Waals surface area contributed by atoms with Crippen molar-refractivity contribution in [3.05, 3.63) is 205 Å². The van der Waals surface area contributed by atoms with Crippen molar-refractivity contribution in [2.45, 2.75) is 38.5 Å². The van der Waals surface area contributed by atoms with E-state index in [-0.39, 0.29) is 0 Å². The third kappa shape index (κ3) is 6.15. The monoisotopic (exact) mass is 861 g/mol. The topological polar surface area (TPSA) is 57.0 Å². The Hall–Kier alpha value is -8.28. The van der Waals surface area contributed by atoms with Crippen LogP contribution in [0.3, 0.4) is 0 Å². The second-order valence-electron chi connectivity index (χ2n) is 18.3.